The highest BCUT2D eigenvalue weighted by molar-refractivity contribution is 5.78. The van der Waals surface area contributed by atoms with E-state index in [4.69, 9.17) is 0 Å². The Morgan fingerprint density at radius 3 is 3.07 bits per heavy atom. The Morgan fingerprint density at radius 2 is 2.21 bits per heavy atom. The van der Waals surface area contributed by atoms with Crippen molar-refractivity contribution in [3.8, 4) is 0 Å². The van der Waals surface area contributed by atoms with E-state index in [2.05, 4.69) is 10.3 Å². The second-order valence-corrected chi connectivity index (χ2v) is 3.04. The third-order valence-electron chi connectivity index (χ3n) is 2.04. The first-order chi connectivity index (χ1) is 6.90. The summed E-state index contributed by atoms with van der Waals surface area (Å²) in [7, 11) is 0. The Bertz CT molecular complexity index is 454. The number of pyridine rings is 1. The SMILES string of the molecule is O=CNCc1cnc2ccccc2c1. The molecule has 0 saturated heterocycles. The second-order valence-electron chi connectivity index (χ2n) is 3.04. The summed E-state index contributed by atoms with van der Waals surface area (Å²) in [6.45, 7) is 0.529. The summed E-state index contributed by atoms with van der Waals surface area (Å²) < 4.78 is 0. The average Bonchev–Trinajstić information content (AvgIpc) is 2.26. The van der Waals surface area contributed by atoms with Crippen molar-refractivity contribution in [2.24, 2.45) is 0 Å². The number of rotatable bonds is 3. The lowest BCUT2D eigenvalue weighted by Crippen LogP contribution is -2.09. The van der Waals surface area contributed by atoms with E-state index in [-0.39, 0.29) is 0 Å². The summed E-state index contributed by atoms with van der Waals surface area (Å²) in [6, 6.07) is 9.93. The number of carbonyl (C=O) groups is 1. The number of hydrogen-bond acceptors (Lipinski definition) is 2. The van der Waals surface area contributed by atoms with Crippen LogP contribution in [0.4, 0.5) is 0 Å². The first-order valence-electron chi connectivity index (χ1n) is 4.41. The standard InChI is InChI=1S/C11H10N2O/c14-8-12-6-9-5-10-3-1-2-4-11(10)13-7-9/h1-5,7-8H,6H2,(H,12,14). The summed E-state index contributed by atoms with van der Waals surface area (Å²) in [5.41, 5.74) is 1.98. The number of nitrogens with zero attached hydrogens (tertiary/aromatic N) is 1. The Labute approximate surface area is 81.8 Å². The molecule has 3 nitrogen and oxygen atoms in total. The van der Waals surface area contributed by atoms with Gasteiger partial charge in [-0.1, -0.05) is 18.2 Å². The van der Waals surface area contributed by atoms with Crippen molar-refractivity contribution in [1.82, 2.24) is 10.3 Å². The molecule has 14 heavy (non-hydrogen) atoms. The summed E-state index contributed by atoms with van der Waals surface area (Å²) in [6.07, 6.45) is 2.47. The van der Waals surface area contributed by atoms with E-state index in [1.807, 2.05) is 30.3 Å². The number of fused-ring (bicyclic) bond motifs is 1. The summed E-state index contributed by atoms with van der Waals surface area (Å²) in [4.78, 5) is 14.4. The van der Waals surface area contributed by atoms with E-state index in [0.29, 0.717) is 13.0 Å². The molecule has 0 unspecified atom stereocenters. The van der Waals surface area contributed by atoms with E-state index < -0.39 is 0 Å². The van der Waals surface area contributed by atoms with Gasteiger partial charge in [0.15, 0.2) is 0 Å². The van der Waals surface area contributed by atoms with Gasteiger partial charge in [-0.25, -0.2) is 0 Å². The quantitative estimate of drug-likeness (QED) is 0.738. The number of hydrogen-bond donors (Lipinski definition) is 1. The molecule has 70 valence electrons. The number of aromatic nitrogens is 1. The smallest absolute Gasteiger partial charge is 0.207 e. The van der Waals surface area contributed by atoms with Gasteiger partial charge in [0.25, 0.3) is 0 Å². The van der Waals surface area contributed by atoms with Gasteiger partial charge < -0.3 is 5.32 Å². The van der Waals surface area contributed by atoms with Crippen LogP contribution >= 0.6 is 0 Å². The van der Waals surface area contributed by atoms with Gasteiger partial charge in [0.05, 0.1) is 5.52 Å². The lowest BCUT2D eigenvalue weighted by molar-refractivity contribution is -0.109. The molecule has 0 radical (unpaired) electrons. The summed E-state index contributed by atoms with van der Waals surface area (Å²) in [5.74, 6) is 0. The van der Waals surface area contributed by atoms with Crippen molar-refractivity contribution in [3.05, 3.63) is 42.1 Å². The first-order valence-corrected chi connectivity index (χ1v) is 4.41. The lowest BCUT2D eigenvalue weighted by atomic mass is 10.1. The maximum absolute atomic E-state index is 10.1. The van der Waals surface area contributed by atoms with Crippen LogP contribution in [0.25, 0.3) is 10.9 Å². The summed E-state index contributed by atoms with van der Waals surface area (Å²) >= 11 is 0. The first kappa shape index (κ1) is 8.69. The van der Waals surface area contributed by atoms with Crippen LogP contribution in [-0.2, 0) is 11.3 Å². The number of para-hydroxylation sites is 1. The van der Waals surface area contributed by atoms with Gasteiger partial charge in [0.2, 0.25) is 6.41 Å². The summed E-state index contributed by atoms with van der Waals surface area (Å²) in [5, 5.41) is 3.70. The van der Waals surface area contributed by atoms with Crippen LogP contribution in [0.1, 0.15) is 5.56 Å². The van der Waals surface area contributed by atoms with Crippen molar-refractivity contribution >= 4 is 17.3 Å². The monoisotopic (exact) mass is 186 g/mol. The van der Waals surface area contributed by atoms with Crippen molar-refractivity contribution in [1.29, 1.82) is 0 Å². The fraction of sp³-hybridized carbons (Fsp3) is 0.0909. The van der Waals surface area contributed by atoms with Crippen LogP contribution in [0.2, 0.25) is 0 Å². The van der Waals surface area contributed by atoms with Gasteiger partial charge in [-0.3, -0.25) is 9.78 Å². The van der Waals surface area contributed by atoms with Crippen LogP contribution in [0.15, 0.2) is 36.5 Å². The molecular weight excluding hydrogens is 176 g/mol. The van der Waals surface area contributed by atoms with Crippen molar-refractivity contribution in [2.45, 2.75) is 6.54 Å². The van der Waals surface area contributed by atoms with Gasteiger partial charge >= 0.3 is 0 Å². The molecule has 0 aliphatic rings. The minimum Gasteiger partial charge on any atom is -0.355 e. The van der Waals surface area contributed by atoms with E-state index in [1.54, 1.807) is 6.20 Å². The molecule has 1 heterocycles. The fourth-order valence-electron chi connectivity index (χ4n) is 1.37. The Morgan fingerprint density at radius 1 is 1.36 bits per heavy atom. The van der Waals surface area contributed by atoms with E-state index >= 15 is 0 Å². The molecule has 0 bridgehead atoms. The fourth-order valence-corrected chi connectivity index (χ4v) is 1.37. The van der Waals surface area contributed by atoms with E-state index in [0.717, 1.165) is 16.5 Å². The topological polar surface area (TPSA) is 42.0 Å². The molecular formula is C11H10N2O. The van der Waals surface area contributed by atoms with Gasteiger partial charge in [-0.2, -0.15) is 0 Å². The second kappa shape index (κ2) is 3.87. The number of benzene rings is 1. The molecule has 0 saturated carbocycles. The lowest BCUT2D eigenvalue weighted by Gasteiger charge is -2.01. The van der Waals surface area contributed by atoms with Crippen molar-refractivity contribution < 1.29 is 4.79 Å². The van der Waals surface area contributed by atoms with Crippen LogP contribution in [0.3, 0.4) is 0 Å². The van der Waals surface area contributed by atoms with E-state index in [9.17, 15) is 4.79 Å². The van der Waals surface area contributed by atoms with Crippen LogP contribution in [0.5, 0.6) is 0 Å². The minimum atomic E-state index is 0.529. The molecule has 0 aliphatic heterocycles. The van der Waals surface area contributed by atoms with Crippen molar-refractivity contribution in [2.75, 3.05) is 0 Å². The highest BCUT2D eigenvalue weighted by Gasteiger charge is 1.95. The molecule has 1 N–H and O–H groups in total. The molecule has 2 aromatic rings. The van der Waals surface area contributed by atoms with Gasteiger partial charge in [0, 0.05) is 18.1 Å². The molecule has 1 aromatic carbocycles. The van der Waals surface area contributed by atoms with Gasteiger partial charge in [-0.15, -0.1) is 0 Å². The van der Waals surface area contributed by atoms with E-state index in [1.165, 1.54) is 0 Å². The Hall–Kier alpha value is -1.90. The number of amides is 1. The Kier molecular flexibility index (Phi) is 2.40. The molecule has 0 atom stereocenters. The molecule has 2 rings (SSSR count). The molecule has 3 heteroatoms. The third-order valence-corrected chi connectivity index (χ3v) is 2.04. The molecule has 0 aliphatic carbocycles. The normalized spacial score (nSPS) is 10.0. The predicted octanol–water partition coefficient (Wildman–Crippen LogP) is 1.48. The van der Waals surface area contributed by atoms with Gasteiger partial charge in [-0.05, 0) is 17.7 Å². The van der Waals surface area contributed by atoms with Crippen LogP contribution in [-0.4, -0.2) is 11.4 Å². The predicted molar refractivity (Wildman–Crippen MR) is 54.6 cm³/mol. The highest BCUT2D eigenvalue weighted by atomic mass is 16.1. The zero-order valence-corrected chi connectivity index (χ0v) is 7.60. The zero-order valence-electron chi connectivity index (χ0n) is 7.60. The van der Waals surface area contributed by atoms with Crippen LogP contribution < -0.4 is 5.32 Å². The zero-order chi connectivity index (χ0) is 9.80. The van der Waals surface area contributed by atoms with Crippen LogP contribution in [0, 0.1) is 0 Å². The maximum Gasteiger partial charge on any atom is 0.207 e. The van der Waals surface area contributed by atoms with Crippen molar-refractivity contribution in [3.63, 3.8) is 0 Å². The largest absolute Gasteiger partial charge is 0.355 e. The Balaban J connectivity index is 2.36. The minimum absolute atomic E-state index is 0.529. The number of nitrogens with one attached hydrogen (secondary N) is 1. The third kappa shape index (κ3) is 1.71. The average molecular weight is 186 g/mol. The number of carbonyl (C=O) groups excluding carboxylic acids is 1. The molecule has 1 aromatic heterocycles. The van der Waals surface area contributed by atoms with Gasteiger partial charge in [0.1, 0.15) is 0 Å². The highest BCUT2D eigenvalue weighted by Crippen LogP contribution is 2.12. The molecule has 0 fully saturated rings. The molecule has 0 spiro atoms. The molecule has 1 amide bonds. The maximum atomic E-state index is 10.1.